The van der Waals surface area contributed by atoms with Gasteiger partial charge in [-0.3, -0.25) is 14.7 Å². The number of halogens is 1. The van der Waals surface area contributed by atoms with Crippen LogP contribution in [0.1, 0.15) is 55.1 Å². The Morgan fingerprint density at radius 2 is 1.91 bits per heavy atom. The Morgan fingerprint density at radius 3 is 2.66 bits per heavy atom. The lowest BCUT2D eigenvalue weighted by molar-refractivity contribution is 0.0892. The topological polar surface area (TPSA) is 101 Å². The highest BCUT2D eigenvalue weighted by molar-refractivity contribution is 6.34. The fraction of sp³-hybridized carbons (Fsp3) is 0.308. The number of carbonyl (C=O) groups is 1. The number of aromatic nitrogens is 4. The molecule has 0 saturated heterocycles. The van der Waals surface area contributed by atoms with Crippen molar-refractivity contribution < 1.29 is 9.53 Å². The minimum absolute atomic E-state index is 0.0151. The van der Waals surface area contributed by atoms with E-state index in [0.29, 0.717) is 22.3 Å². The van der Waals surface area contributed by atoms with Gasteiger partial charge in [-0.1, -0.05) is 67.8 Å². The summed E-state index contributed by atoms with van der Waals surface area (Å²) in [6.45, 7) is 2.08. The monoisotopic (exact) mass is 491 g/mol. The Hall–Kier alpha value is -3.65. The van der Waals surface area contributed by atoms with E-state index in [0.717, 1.165) is 37.7 Å². The standard InChI is InChI=1S/C26H26ClN5O3/c1-2-26(13-6-7-14-26)30-24(34)22-19(27)11-8-12-20(22)35-16-18-15-21(33)32-25(28-18)29-23(31-32)17-9-4-3-5-10-17/h3-5,8-12,15H,2,6-7,13-14,16H2,1H3,(H,30,34)(H,28,29,31). The lowest BCUT2D eigenvalue weighted by atomic mass is 9.93. The van der Waals surface area contributed by atoms with Crippen molar-refractivity contribution in [2.75, 3.05) is 0 Å². The van der Waals surface area contributed by atoms with Gasteiger partial charge in [0.25, 0.3) is 17.2 Å². The van der Waals surface area contributed by atoms with Gasteiger partial charge in [0.2, 0.25) is 0 Å². The number of fused-ring (bicyclic) bond motifs is 1. The van der Waals surface area contributed by atoms with E-state index < -0.39 is 0 Å². The third-order valence-corrected chi connectivity index (χ3v) is 6.94. The van der Waals surface area contributed by atoms with Gasteiger partial charge >= 0.3 is 0 Å². The second kappa shape index (κ2) is 9.54. The Balaban J connectivity index is 1.39. The summed E-state index contributed by atoms with van der Waals surface area (Å²) in [5, 5.41) is 6.49. The third kappa shape index (κ3) is 4.66. The molecular weight excluding hydrogens is 466 g/mol. The van der Waals surface area contributed by atoms with Crippen LogP contribution in [0.2, 0.25) is 5.02 Å². The number of amides is 1. The second-order valence-corrected chi connectivity index (χ2v) is 9.26. The van der Waals surface area contributed by atoms with E-state index in [1.54, 1.807) is 18.2 Å². The lowest BCUT2D eigenvalue weighted by Crippen LogP contribution is -2.45. The van der Waals surface area contributed by atoms with Gasteiger partial charge in [-0.2, -0.15) is 9.50 Å². The van der Waals surface area contributed by atoms with Crippen LogP contribution in [0.15, 0.2) is 59.4 Å². The predicted molar refractivity (Wildman–Crippen MR) is 134 cm³/mol. The molecule has 1 aliphatic carbocycles. The van der Waals surface area contributed by atoms with Gasteiger partial charge in [0.15, 0.2) is 5.82 Å². The van der Waals surface area contributed by atoms with Crippen LogP contribution < -0.4 is 15.6 Å². The number of ether oxygens (including phenoxy) is 1. The highest BCUT2D eigenvalue weighted by Crippen LogP contribution is 2.34. The van der Waals surface area contributed by atoms with E-state index in [2.05, 4.69) is 27.3 Å². The van der Waals surface area contributed by atoms with E-state index in [-0.39, 0.29) is 35.0 Å². The first-order valence-corrected chi connectivity index (χ1v) is 12.1. The fourth-order valence-corrected chi connectivity index (χ4v) is 4.90. The Labute approximate surface area is 207 Å². The molecule has 180 valence electrons. The van der Waals surface area contributed by atoms with E-state index in [1.807, 2.05) is 30.3 Å². The van der Waals surface area contributed by atoms with Crippen LogP contribution in [-0.4, -0.2) is 31.0 Å². The van der Waals surface area contributed by atoms with Crippen LogP contribution in [0.4, 0.5) is 0 Å². The molecule has 9 heteroatoms. The number of rotatable bonds is 7. The van der Waals surface area contributed by atoms with E-state index >= 15 is 0 Å². The van der Waals surface area contributed by atoms with Gasteiger partial charge in [0.05, 0.1) is 16.3 Å². The van der Waals surface area contributed by atoms with Gasteiger partial charge in [-0.25, -0.2) is 4.98 Å². The summed E-state index contributed by atoms with van der Waals surface area (Å²) in [4.78, 5) is 34.8. The van der Waals surface area contributed by atoms with Crippen molar-refractivity contribution in [2.24, 2.45) is 0 Å². The molecule has 2 aromatic heterocycles. The zero-order valence-corrected chi connectivity index (χ0v) is 20.1. The molecule has 8 nitrogen and oxygen atoms in total. The highest BCUT2D eigenvalue weighted by atomic mass is 35.5. The zero-order chi connectivity index (χ0) is 24.4. The highest BCUT2D eigenvalue weighted by Gasteiger charge is 2.34. The van der Waals surface area contributed by atoms with Crippen LogP contribution in [0, 0.1) is 0 Å². The van der Waals surface area contributed by atoms with Crippen molar-refractivity contribution in [3.8, 4) is 17.1 Å². The maximum atomic E-state index is 13.2. The van der Waals surface area contributed by atoms with Crippen molar-refractivity contribution in [2.45, 2.75) is 51.2 Å². The quantitative estimate of drug-likeness (QED) is 0.388. The van der Waals surface area contributed by atoms with Gasteiger partial charge in [-0.15, -0.1) is 0 Å². The summed E-state index contributed by atoms with van der Waals surface area (Å²) in [5.74, 6) is 0.870. The molecule has 4 aromatic rings. The largest absolute Gasteiger partial charge is 0.486 e. The molecule has 0 spiro atoms. The van der Waals surface area contributed by atoms with E-state index in [9.17, 15) is 9.59 Å². The fourth-order valence-electron chi connectivity index (χ4n) is 4.65. The Kier molecular flexibility index (Phi) is 6.30. The second-order valence-electron chi connectivity index (χ2n) is 8.86. The van der Waals surface area contributed by atoms with Crippen molar-refractivity contribution in [1.29, 1.82) is 0 Å². The van der Waals surface area contributed by atoms with Gasteiger partial charge in [-0.05, 0) is 31.4 Å². The number of hydrogen-bond acceptors (Lipinski definition) is 5. The summed E-state index contributed by atoms with van der Waals surface area (Å²) in [6.07, 6.45) is 4.98. The first kappa shape index (κ1) is 23.1. The normalized spacial score (nSPS) is 14.8. The number of aromatic amines is 1. The molecule has 1 saturated carbocycles. The number of benzene rings is 2. The van der Waals surface area contributed by atoms with Gasteiger partial charge in [0, 0.05) is 17.2 Å². The van der Waals surface area contributed by atoms with E-state index in [4.69, 9.17) is 16.3 Å². The maximum Gasteiger partial charge on any atom is 0.274 e. The molecule has 0 radical (unpaired) electrons. The molecule has 2 N–H and O–H groups in total. The molecule has 1 fully saturated rings. The predicted octanol–water partition coefficient (Wildman–Crippen LogP) is 4.77. The number of nitrogens with zero attached hydrogens (tertiary/aromatic N) is 3. The summed E-state index contributed by atoms with van der Waals surface area (Å²) in [5.41, 5.74) is 1.02. The first-order chi connectivity index (χ1) is 17.0. The molecule has 5 rings (SSSR count). The van der Waals surface area contributed by atoms with E-state index in [1.165, 1.54) is 10.6 Å². The number of hydrogen-bond donors (Lipinski definition) is 2. The number of carbonyl (C=O) groups excluding carboxylic acids is 1. The smallest absolute Gasteiger partial charge is 0.274 e. The van der Waals surface area contributed by atoms with Crippen LogP contribution in [-0.2, 0) is 6.61 Å². The minimum Gasteiger partial charge on any atom is -0.486 e. The van der Waals surface area contributed by atoms with Gasteiger partial charge < -0.3 is 10.1 Å². The Bertz CT molecular complexity index is 1420. The molecule has 35 heavy (non-hydrogen) atoms. The van der Waals surface area contributed by atoms with Crippen LogP contribution in [0.3, 0.4) is 0 Å². The number of H-pyrrole nitrogens is 1. The molecule has 2 aromatic carbocycles. The molecule has 1 amide bonds. The lowest BCUT2D eigenvalue weighted by Gasteiger charge is -2.29. The molecule has 2 heterocycles. The molecule has 0 atom stereocenters. The first-order valence-electron chi connectivity index (χ1n) is 11.8. The summed E-state index contributed by atoms with van der Waals surface area (Å²) in [6, 6.07) is 16.0. The van der Waals surface area contributed by atoms with Crippen molar-refractivity contribution in [3.05, 3.63) is 81.2 Å². The molecule has 0 aliphatic heterocycles. The molecule has 0 bridgehead atoms. The maximum absolute atomic E-state index is 13.2. The van der Waals surface area contributed by atoms with Crippen molar-refractivity contribution in [1.82, 2.24) is 24.9 Å². The van der Waals surface area contributed by atoms with Crippen LogP contribution >= 0.6 is 11.6 Å². The van der Waals surface area contributed by atoms with Crippen molar-refractivity contribution in [3.63, 3.8) is 0 Å². The molecular formula is C26H26ClN5O3. The third-order valence-electron chi connectivity index (χ3n) is 6.62. The molecule has 1 aliphatic rings. The summed E-state index contributed by atoms with van der Waals surface area (Å²) in [7, 11) is 0. The summed E-state index contributed by atoms with van der Waals surface area (Å²) >= 11 is 6.42. The molecule has 0 unspecified atom stereocenters. The van der Waals surface area contributed by atoms with Crippen molar-refractivity contribution >= 4 is 23.3 Å². The SMILES string of the molecule is CCC1(NC(=O)c2c(Cl)cccc2OCc2cc(=O)n3[nH]c(-c4ccccc4)nc3n2)CCCC1. The average molecular weight is 492 g/mol. The average Bonchev–Trinajstić information content (AvgIpc) is 3.51. The minimum atomic E-state index is -0.307. The zero-order valence-electron chi connectivity index (χ0n) is 19.4. The van der Waals surface area contributed by atoms with Crippen LogP contribution in [0.25, 0.3) is 17.2 Å². The van der Waals surface area contributed by atoms with Crippen LogP contribution in [0.5, 0.6) is 5.75 Å². The number of nitrogens with one attached hydrogen (secondary N) is 2. The Morgan fingerprint density at radius 1 is 1.14 bits per heavy atom. The summed E-state index contributed by atoms with van der Waals surface area (Å²) < 4.78 is 7.25. The van der Waals surface area contributed by atoms with Gasteiger partial charge in [0.1, 0.15) is 12.4 Å².